The summed E-state index contributed by atoms with van der Waals surface area (Å²) in [5.74, 6) is -0.620. The summed E-state index contributed by atoms with van der Waals surface area (Å²) in [4.78, 5) is 12.1. The van der Waals surface area contributed by atoms with Gasteiger partial charge in [0.15, 0.2) is 5.84 Å². The molecule has 0 aromatic rings. The second-order valence-electron chi connectivity index (χ2n) is 5.61. The number of carbonyl (C=O) groups is 1. The zero-order chi connectivity index (χ0) is 16.2. The molecule has 0 saturated heterocycles. The molecule has 0 fully saturated rings. The molecule has 0 radical (unpaired) electrons. The molecule has 1 atom stereocenters. The highest BCUT2D eigenvalue weighted by Crippen LogP contribution is 2.21. The van der Waals surface area contributed by atoms with E-state index in [2.05, 4.69) is 15.2 Å². The Balaban J connectivity index is 4.86. The van der Waals surface area contributed by atoms with Gasteiger partial charge in [0.2, 0.25) is 15.9 Å². The molecule has 8 nitrogen and oxygen atoms in total. The predicted molar refractivity (Wildman–Crippen MR) is 76.9 cm³/mol. The van der Waals surface area contributed by atoms with E-state index in [1.54, 1.807) is 27.7 Å². The molecule has 1 amide bonds. The first-order valence-electron chi connectivity index (χ1n) is 6.13. The van der Waals surface area contributed by atoms with Gasteiger partial charge in [-0.15, -0.1) is 0 Å². The molecule has 5 N–H and O–H groups in total. The Bertz CT molecular complexity index is 487. The van der Waals surface area contributed by atoms with Gasteiger partial charge in [-0.05, 0) is 27.2 Å². The van der Waals surface area contributed by atoms with Crippen molar-refractivity contribution in [3.8, 4) is 0 Å². The lowest BCUT2D eigenvalue weighted by Crippen LogP contribution is -2.55. The Kier molecular flexibility index (Phi) is 5.97. The van der Waals surface area contributed by atoms with Gasteiger partial charge in [-0.1, -0.05) is 12.1 Å². The minimum absolute atomic E-state index is 0.0766. The van der Waals surface area contributed by atoms with Crippen molar-refractivity contribution in [3.63, 3.8) is 0 Å². The number of amides is 1. The molecule has 9 heteroatoms. The topological polar surface area (TPSA) is 134 Å². The standard InChI is InChI=1S/C11H24N4O4S/c1-6-11(4,8(12)14-17)9(16)13-7-10(2,3)15-20(5,18)19/h15,17H,6-7H2,1-5H3,(H2,12,14)(H,13,16). The van der Waals surface area contributed by atoms with Crippen LogP contribution in [-0.4, -0.2) is 43.7 Å². The number of oxime groups is 1. The largest absolute Gasteiger partial charge is 0.409 e. The third-order valence-electron chi connectivity index (χ3n) is 3.03. The van der Waals surface area contributed by atoms with Crippen molar-refractivity contribution < 1.29 is 18.4 Å². The number of rotatable bonds is 7. The molecule has 0 aliphatic heterocycles. The molecule has 0 aromatic carbocycles. The quantitative estimate of drug-likeness (QED) is 0.220. The van der Waals surface area contributed by atoms with Crippen LogP contribution in [0.5, 0.6) is 0 Å². The zero-order valence-electron chi connectivity index (χ0n) is 12.5. The number of sulfonamides is 1. The molecule has 0 aliphatic carbocycles. The van der Waals surface area contributed by atoms with Crippen molar-refractivity contribution >= 4 is 21.8 Å². The van der Waals surface area contributed by atoms with E-state index >= 15 is 0 Å². The molecule has 0 spiro atoms. The summed E-state index contributed by atoms with van der Waals surface area (Å²) in [6.45, 7) is 6.64. The van der Waals surface area contributed by atoms with Crippen LogP contribution in [0, 0.1) is 5.41 Å². The first kappa shape index (κ1) is 18.7. The van der Waals surface area contributed by atoms with Crippen molar-refractivity contribution in [2.75, 3.05) is 12.8 Å². The van der Waals surface area contributed by atoms with Gasteiger partial charge in [0.1, 0.15) is 5.41 Å². The van der Waals surface area contributed by atoms with Crippen LogP contribution in [0.25, 0.3) is 0 Å². The first-order chi connectivity index (χ1) is 8.88. The minimum Gasteiger partial charge on any atom is -0.409 e. The molecule has 0 bridgehead atoms. The van der Waals surface area contributed by atoms with Gasteiger partial charge in [0.05, 0.1) is 6.26 Å². The fourth-order valence-electron chi connectivity index (χ4n) is 1.60. The lowest BCUT2D eigenvalue weighted by atomic mass is 9.85. The molecule has 0 aromatic heterocycles. The molecular formula is C11H24N4O4S. The lowest BCUT2D eigenvalue weighted by Gasteiger charge is -2.30. The van der Waals surface area contributed by atoms with Gasteiger partial charge in [0.25, 0.3) is 0 Å². The van der Waals surface area contributed by atoms with Crippen LogP contribution in [0.4, 0.5) is 0 Å². The Hall–Kier alpha value is -1.35. The molecule has 0 heterocycles. The fraction of sp³-hybridized carbons (Fsp3) is 0.818. The number of carbonyl (C=O) groups excluding carboxylic acids is 1. The van der Waals surface area contributed by atoms with E-state index in [0.29, 0.717) is 6.42 Å². The van der Waals surface area contributed by atoms with Crippen LogP contribution in [0.3, 0.4) is 0 Å². The summed E-state index contributed by atoms with van der Waals surface area (Å²) in [6, 6.07) is 0. The Morgan fingerprint density at radius 2 is 1.85 bits per heavy atom. The molecule has 20 heavy (non-hydrogen) atoms. The Morgan fingerprint density at radius 1 is 1.35 bits per heavy atom. The summed E-state index contributed by atoms with van der Waals surface area (Å²) in [6.07, 6.45) is 1.39. The normalized spacial score (nSPS) is 16.6. The van der Waals surface area contributed by atoms with Crippen LogP contribution in [0.15, 0.2) is 5.16 Å². The van der Waals surface area contributed by atoms with Gasteiger partial charge in [-0.2, -0.15) is 0 Å². The summed E-state index contributed by atoms with van der Waals surface area (Å²) in [7, 11) is -3.38. The van der Waals surface area contributed by atoms with Crippen LogP contribution >= 0.6 is 0 Å². The third-order valence-corrected chi connectivity index (χ3v) is 3.96. The predicted octanol–water partition coefficient (Wildman–Crippen LogP) is -0.407. The van der Waals surface area contributed by atoms with Gasteiger partial charge in [0, 0.05) is 12.1 Å². The summed E-state index contributed by atoms with van der Waals surface area (Å²) in [5, 5.41) is 14.2. The fourth-order valence-corrected chi connectivity index (χ4v) is 2.68. The number of nitrogens with zero attached hydrogens (tertiary/aromatic N) is 1. The monoisotopic (exact) mass is 308 g/mol. The second kappa shape index (κ2) is 6.40. The number of hydrogen-bond acceptors (Lipinski definition) is 5. The molecule has 0 saturated carbocycles. The van der Waals surface area contributed by atoms with Gasteiger partial charge < -0.3 is 16.3 Å². The molecule has 1 unspecified atom stereocenters. The van der Waals surface area contributed by atoms with E-state index in [-0.39, 0.29) is 12.4 Å². The average Bonchev–Trinajstić information content (AvgIpc) is 2.30. The Labute approximate surface area is 119 Å². The molecule has 118 valence electrons. The molecular weight excluding hydrogens is 284 g/mol. The highest BCUT2D eigenvalue weighted by Gasteiger charge is 2.37. The van der Waals surface area contributed by atoms with Crippen LogP contribution in [0.1, 0.15) is 34.1 Å². The van der Waals surface area contributed by atoms with Gasteiger partial charge in [-0.25, -0.2) is 13.1 Å². The highest BCUT2D eigenvalue weighted by atomic mass is 32.2. The number of nitrogens with two attached hydrogens (primary N) is 1. The van der Waals surface area contributed by atoms with Crippen molar-refractivity contribution in [2.24, 2.45) is 16.3 Å². The van der Waals surface area contributed by atoms with E-state index in [1.807, 2.05) is 0 Å². The highest BCUT2D eigenvalue weighted by molar-refractivity contribution is 7.88. The zero-order valence-corrected chi connectivity index (χ0v) is 13.3. The third kappa shape index (κ3) is 5.33. The summed E-state index contributed by atoms with van der Waals surface area (Å²) in [5.41, 5.74) is 3.54. The van der Waals surface area contributed by atoms with Crippen LogP contribution < -0.4 is 15.8 Å². The number of nitrogens with one attached hydrogen (secondary N) is 2. The first-order valence-corrected chi connectivity index (χ1v) is 8.02. The van der Waals surface area contributed by atoms with Crippen LogP contribution in [0.2, 0.25) is 0 Å². The SMILES string of the molecule is CCC(C)(C(=O)NCC(C)(C)NS(C)(=O)=O)C(N)=NO. The van der Waals surface area contributed by atoms with E-state index in [4.69, 9.17) is 10.9 Å². The number of hydrogen-bond donors (Lipinski definition) is 4. The van der Waals surface area contributed by atoms with Gasteiger partial charge in [-0.3, -0.25) is 4.79 Å². The molecule has 0 aliphatic rings. The maximum Gasteiger partial charge on any atom is 0.233 e. The van der Waals surface area contributed by atoms with E-state index in [1.165, 1.54) is 0 Å². The maximum atomic E-state index is 12.1. The minimum atomic E-state index is -3.38. The van der Waals surface area contributed by atoms with Crippen molar-refractivity contribution in [1.29, 1.82) is 0 Å². The second-order valence-corrected chi connectivity index (χ2v) is 7.36. The van der Waals surface area contributed by atoms with Crippen molar-refractivity contribution in [3.05, 3.63) is 0 Å². The maximum absolute atomic E-state index is 12.1. The molecule has 0 rings (SSSR count). The lowest BCUT2D eigenvalue weighted by molar-refractivity contribution is -0.127. The number of amidine groups is 1. The summed E-state index contributed by atoms with van der Waals surface area (Å²) < 4.78 is 24.8. The van der Waals surface area contributed by atoms with Crippen molar-refractivity contribution in [1.82, 2.24) is 10.0 Å². The Morgan fingerprint density at radius 3 is 2.20 bits per heavy atom. The van der Waals surface area contributed by atoms with Crippen LogP contribution in [-0.2, 0) is 14.8 Å². The van der Waals surface area contributed by atoms with E-state index in [9.17, 15) is 13.2 Å². The van der Waals surface area contributed by atoms with Crippen molar-refractivity contribution in [2.45, 2.75) is 39.7 Å². The van der Waals surface area contributed by atoms with Gasteiger partial charge >= 0.3 is 0 Å². The van der Waals surface area contributed by atoms with E-state index in [0.717, 1.165) is 6.26 Å². The van der Waals surface area contributed by atoms with E-state index < -0.39 is 26.9 Å². The average molecular weight is 308 g/mol. The summed E-state index contributed by atoms with van der Waals surface area (Å²) >= 11 is 0. The smallest absolute Gasteiger partial charge is 0.233 e.